The number of unbranched alkanes of at least 4 members (excludes halogenated alkanes) is 2. The highest BCUT2D eigenvalue weighted by atomic mass is 14.8. The minimum absolute atomic E-state index is 1.04. The molecule has 0 saturated heterocycles. The Morgan fingerprint density at radius 2 is 1.94 bits per heavy atom. The second-order valence-corrected chi connectivity index (χ2v) is 4.20. The van der Waals surface area contributed by atoms with Crippen LogP contribution in [0.5, 0.6) is 0 Å². The van der Waals surface area contributed by atoms with Gasteiger partial charge in [0.15, 0.2) is 0 Å². The molecule has 1 aromatic carbocycles. The zero-order valence-corrected chi connectivity index (χ0v) is 10.3. The molecule has 1 aliphatic heterocycles. The molecule has 0 bridgehead atoms. The second-order valence-electron chi connectivity index (χ2n) is 4.20. The van der Waals surface area contributed by atoms with Gasteiger partial charge in [0.05, 0.1) is 0 Å². The summed E-state index contributed by atoms with van der Waals surface area (Å²) in [4.78, 5) is 8.71. The van der Waals surface area contributed by atoms with Gasteiger partial charge in [0, 0.05) is 35.5 Å². The van der Waals surface area contributed by atoms with Crippen LogP contribution in [-0.2, 0) is 0 Å². The summed E-state index contributed by atoms with van der Waals surface area (Å²) in [7, 11) is 0. The summed E-state index contributed by atoms with van der Waals surface area (Å²) in [5, 5.41) is 0. The Kier molecular flexibility index (Phi) is 4.25. The van der Waals surface area contributed by atoms with Crippen LogP contribution in [0.3, 0.4) is 0 Å². The van der Waals surface area contributed by atoms with Crippen LogP contribution in [0.2, 0.25) is 0 Å². The van der Waals surface area contributed by atoms with E-state index in [1.165, 1.54) is 30.5 Å². The van der Waals surface area contributed by atoms with Crippen molar-refractivity contribution in [3.63, 3.8) is 0 Å². The number of benzene rings is 1. The van der Waals surface area contributed by atoms with Gasteiger partial charge in [-0.3, -0.25) is 9.98 Å². The standard InChI is InChI=1S/C15H18N2/c1-2-3-4-9-15-14-8-6-5-7-13(14)12-16-10-11-17-15/h5-8,10-12H,2-4,9H2,1H3/b11-10-,13-12?,15-14?,16-10?,16-12?,17-11?,17-15?. The summed E-state index contributed by atoms with van der Waals surface area (Å²) in [6.07, 6.45) is 10.2. The predicted molar refractivity (Wildman–Crippen MR) is 73.9 cm³/mol. The molecule has 0 aromatic heterocycles. The average molecular weight is 226 g/mol. The fourth-order valence-electron chi connectivity index (χ4n) is 1.97. The molecule has 0 unspecified atom stereocenters. The third-order valence-electron chi connectivity index (χ3n) is 2.89. The molecule has 88 valence electrons. The van der Waals surface area contributed by atoms with Crippen LogP contribution in [0.1, 0.15) is 43.7 Å². The number of nitrogens with zero attached hydrogens (tertiary/aromatic N) is 2. The van der Waals surface area contributed by atoms with Gasteiger partial charge >= 0.3 is 0 Å². The minimum atomic E-state index is 1.04. The van der Waals surface area contributed by atoms with E-state index in [9.17, 15) is 0 Å². The van der Waals surface area contributed by atoms with Crippen LogP contribution >= 0.6 is 0 Å². The summed E-state index contributed by atoms with van der Waals surface area (Å²) in [5.74, 6) is 0. The van der Waals surface area contributed by atoms with Crippen LogP contribution in [0.25, 0.3) is 0 Å². The Balaban J connectivity index is 2.25. The number of hydrogen-bond acceptors (Lipinski definition) is 2. The van der Waals surface area contributed by atoms with E-state index in [4.69, 9.17) is 0 Å². The predicted octanol–water partition coefficient (Wildman–Crippen LogP) is 3.96. The lowest BCUT2D eigenvalue weighted by Gasteiger charge is -2.09. The zero-order valence-electron chi connectivity index (χ0n) is 10.3. The molecule has 0 atom stereocenters. The Hall–Kier alpha value is -1.70. The van der Waals surface area contributed by atoms with Crippen molar-refractivity contribution in [3.8, 4) is 0 Å². The topological polar surface area (TPSA) is 24.7 Å². The first kappa shape index (κ1) is 11.8. The van der Waals surface area contributed by atoms with Gasteiger partial charge in [-0.1, -0.05) is 44.0 Å². The molecule has 2 heteroatoms. The van der Waals surface area contributed by atoms with Crippen molar-refractivity contribution in [2.45, 2.75) is 32.6 Å². The molecular formula is C15H18N2. The molecule has 0 N–H and O–H groups in total. The molecule has 0 fully saturated rings. The largest absolute Gasteiger partial charge is 0.262 e. The number of rotatable bonds is 4. The first-order valence-electron chi connectivity index (χ1n) is 6.26. The normalized spacial score (nSPS) is 15.7. The van der Waals surface area contributed by atoms with Crippen LogP contribution < -0.4 is 0 Å². The fourth-order valence-corrected chi connectivity index (χ4v) is 1.97. The Morgan fingerprint density at radius 3 is 2.82 bits per heavy atom. The number of fused-ring (bicyclic) bond motifs is 1. The van der Waals surface area contributed by atoms with Crippen molar-refractivity contribution in [2.75, 3.05) is 0 Å². The van der Waals surface area contributed by atoms with E-state index in [0.717, 1.165) is 12.0 Å². The van der Waals surface area contributed by atoms with Crippen LogP contribution in [-0.4, -0.2) is 11.9 Å². The molecule has 1 heterocycles. The van der Waals surface area contributed by atoms with Crippen LogP contribution in [0.4, 0.5) is 0 Å². The van der Waals surface area contributed by atoms with Crippen LogP contribution in [0.15, 0.2) is 46.7 Å². The van der Waals surface area contributed by atoms with E-state index in [1.54, 1.807) is 12.4 Å². The van der Waals surface area contributed by atoms with Crippen molar-refractivity contribution in [2.24, 2.45) is 9.98 Å². The summed E-state index contributed by atoms with van der Waals surface area (Å²) in [6, 6.07) is 8.33. The van der Waals surface area contributed by atoms with Gasteiger partial charge in [0.2, 0.25) is 0 Å². The minimum Gasteiger partial charge on any atom is -0.262 e. The lowest BCUT2D eigenvalue weighted by atomic mass is 9.99. The highest BCUT2D eigenvalue weighted by molar-refractivity contribution is 6.07. The molecule has 0 spiro atoms. The van der Waals surface area contributed by atoms with E-state index in [-0.39, 0.29) is 0 Å². The van der Waals surface area contributed by atoms with Crippen molar-refractivity contribution >= 4 is 11.9 Å². The van der Waals surface area contributed by atoms with Crippen molar-refractivity contribution in [1.82, 2.24) is 0 Å². The molecule has 17 heavy (non-hydrogen) atoms. The van der Waals surface area contributed by atoms with Crippen molar-refractivity contribution in [3.05, 3.63) is 47.8 Å². The van der Waals surface area contributed by atoms with E-state index >= 15 is 0 Å². The Bertz CT molecular complexity index is 456. The van der Waals surface area contributed by atoms with Gasteiger partial charge in [0.25, 0.3) is 0 Å². The fraction of sp³-hybridized carbons (Fsp3) is 0.333. The van der Waals surface area contributed by atoms with Gasteiger partial charge < -0.3 is 0 Å². The maximum Gasteiger partial charge on any atom is 0.0483 e. The van der Waals surface area contributed by atoms with Crippen molar-refractivity contribution < 1.29 is 0 Å². The maximum atomic E-state index is 4.52. The van der Waals surface area contributed by atoms with Gasteiger partial charge in [0.1, 0.15) is 0 Å². The average Bonchev–Trinajstić information content (AvgIpc) is 2.34. The highest BCUT2D eigenvalue weighted by Crippen LogP contribution is 2.15. The van der Waals surface area contributed by atoms with Gasteiger partial charge in [-0.2, -0.15) is 0 Å². The molecule has 0 aliphatic carbocycles. The third-order valence-corrected chi connectivity index (χ3v) is 2.89. The summed E-state index contributed by atoms with van der Waals surface area (Å²) >= 11 is 0. The first-order valence-corrected chi connectivity index (χ1v) is 6.26. The van der Waals surface area contributed by atoms with Gasteiger partial charge in [-0.15, -0.1) is 0 Å². The molecule has 0 saturated carbocycles. The Morgan fingerprint density at radius 1 is 1.06 bits per heavy atom. The monoisotopic (exact) mass is 226 g/mol. The molecule has 0 radical (unpaired) electrons. The van der Waals surface area contributed by atoms with Gasteiger partial charge in [-0.05, 0) is 12.8 Å². The van der Waals surface area contributed by atoms with Gasteiger partial charge in [-0.25, -0.2) is 0 Å². The second kappa shape index (κ2) is 6.14. The smallest absolute Gasteiger partial charge is 0.0483 e. The molecule has 1 aromatic rings. The van der Waals surface area contributed by atoms with E-state index in [2.05, 4.69) is 35.1 Å². The third kappa shape index (κ3) is 3.13. The van der Waals surface area contributed by atoms with E-state index in [0.29, 0.717) is 0 Å². The molecule has 1 aliphatic rings. The van der Waals surface area contributed by atoms with Crippen molar-refractivity contribution in [1.29, 1.82) is 0 Å². The molecule has 0 amide bonds. The van der Waals surface area contributed by atoms with Crippen LogP contribution in [0, 0.1) is 0 Å². The first-order chi connectivity index (χ1) is 8.42. The summed E-state index contributed by atoms with van der Waals surface area (Å²) < 4.78 is 0. The summed E-state index contributed by atoms with van der Waals surface area (Å²) in [5.41, 5.74) is 3.56. The number of hydrogen-bond donors (Lipinski definition) is 0. The molecule has 2 nitrogen and oxygen atoms in total. The lowest BCUT2D eigenvalue weighted by molar-refractivity contribution is 0.742. The molecule has 2 rings (SSSR count). The maximum absolute atomic E-state index is 4.52. The quantitative estimate of drug-likeness (QED) is 0.694. The van der Waals surface area contributed by atoms with E-state index < -0.39 is 0 Å². The lowest BCUT2D eigenvalue weighted by Crippen LogP contribution is -2.05. The Labute approximate surface area is 103 Å². The zero-order chi connectivity index (χ0) is 11.9. The summed E-state index contributed by atoms with van der Waals surface area (Å²) in [6.45, 7) is 2.22. The number of aliphatic imine (C=N–C) groups is 2. The molecular weight excluding hydrogens is 208 g/mol. The SMILES string of the molecule is CCCCCC1=N/C=C\N=Cc2ccccc21. The van der Waals surface area contributed by atoms with E-state index in [1.807, 2.05) is 12.3 Å². The highest BCUT2D eigenvalue weighted by Gasteiger charge is 2.07.